The van der Waals surface area contributed by atoms with Crippen LogP contribution in [0.5, 0.6) is 0 Å². The molecule has 7 aromatic rings. The van der Waals surface area contributed by atoms with Gasteiger partial charge in [-0.1, -0.05) is 121 Å². The quantitative estimate of drug-likeness (QED) is 0.152. The Labute approximate surface area is 305 Å². The molecular formula is C47H32N4O2. The molecule has 0 radical (unpaired) electrons. The third kappa shape index (κ3) is 5.98. The number of nitrogens with one attached hydrogen (secondary N) is 2. The topological polar surface area (TPSA) is 94.7 Å². The number of carboxylic acids is 1. The van der Waals surface area contributed by atoms with Crippen molar-refractivity contribution in [1.82, 2.24) is 19.9 Å². The second-order valence-electron chi connectivity index (χ2n) is 12.9. The largest absolute Gasteiger partial charge is 0.478 e. The average Bonchev–Trinajstić information content (AvgIpc) is 4.03. The van der Waals surface area contributed by atoms with Crippen molar-refractivity contribution in [3.05, 3.63) is 174 Å². The van der Waals surface area contributed by atoms with E-state index in [-0.39, 0.29) is 0 Å². The molecule has 0 atom stereocenters. The maximum Gasteiger partial charge on any atom is 0.328 e. The first-order valence-corrected chi connectivity index (χ1v) is 17.4. The molecular weight excluding hydrogens is 653 g/mol. The summed E-state index contributed by atoms with van der Waals surface area (Å²) >= 11 is 0. The standard InChI is InChI=1S/C47H32N4O2/c52-42(53)28-21-34-29-41-45(32-17-9-3-10-18-32)39-25-24-37(49-39)43(30-13-5-1-6-14-30)35-22-23-36(48-35)44(31-15-7-2-8-16-31)38-26-27-40(50-38)46(47(34)51-41)33-19-11-4-12-20-33/h1-29,49,51H,(H,52,53). The van der Waals surface area contributed by atoms with Gasteiger partial charge < -0.3 is 15.1 Å². The maximum absolute atomic E-state index is 11.9. The highest BCUT2D eigenvalue weighted by Crippen LogP contribution is 2.39. The number of H-pyrrole nitrogens is 2. The zero-order valence-corrected chi connectivity index (χ0v) is 28.5. The zero-order valence-electron chi connectivity index (χ0n) is 28.5. The minimum Gasteiger partial charge on any atom is -0.478 e. The van der Waals surface area contributed by atoms with E-state index in [4.69, 9.17) is 9.97 Å². The predicted octanol–water partition coefficient (Wildman–Crippen LogP) is 11.4. The van der Waals surface area contributed by atoms with Gasteiger partial charge in [0.15, 0.2) is 0 Å². The van der Waals surface area contributed by atoms with Crippen LogP contribution in [0.25, 0.3) is 97.0 Å². The van der Waals surface area contributed by atoms with Crippen molar-refractivity contribution in [2.24, 2.45) is 0 Å². The van der Waals surface area contributed by atoms with Gasteiger partial charge in [-0.25, -0.2) is 14.8 Å². The van der Waals surface area contributed by atoms with Crippen molar-refractivity contribution in [3.63, 3.8) is 0 Å². The van der Waals surface area contributed by atoms with Crippen LogP contribution >= 0.6 is 0 Å². The molecule has 0 saturated heterocycles. The van der Waals surface area contributed by atoms with E-state index in [2.05, 4.69) is 82.8 Å². The molecule has 9 rings (SSSR count). The van der Waals surface area contributed by atoms with Gasteiger partial charge >= 0.3 is 5.97 Å². The highest BCUT2D eigenvalue weighted by atomic mass is 16.4. The lowest BCUT2D eigenvalue weighted by molar-refractivity contribution is -0.131. The van der Waals surface area contributed by atoms with Gasteiger partial charge in [0.05, 0.1) is 28.3 Å². The number of rotatable bonds is 6. The Morgan fingerprint density at radius 3 is 1.40 bits per heavy atom. The molecule has 53 heavy (non-hydrogen) atoms. The second-order valence-corrected chi connectivity index (χ2v) is 12.9. The fourth-order valence-corrected chi connectivity index (χ4v) is 7.24. The number of benzene rings is 4. The van der Waals surface area contributed by atoms with Crippen molar-refractivity contribution in [2.75, 3.05) is 0 Å². The van der Waals surface area contributed by atoms with E-state index in [9.17, 15) is 9.90 Å². The molecule has 0 unspecified atom stereocenters. The summed E-state index contributed by atoms with van der Waals surface area (Å²) in [6.07, 6.45) is 11.1. The lowest BCUT2D eigenvalue weighted by atomic mass is 10.0. The minimum absolute atomic E-state index is 0.723. The number of aliphatic carboxylic acids is 1. The van der Waals surface area contributed by atoms with Gasteiger partial charge in [-0.2, -0.15) is 0 Å². The van der Waals surface area contributed by atoms with Crippen molar-refractivity contribution < 1.29 is 9.90 Å². The van der Waals surface area contributed by atoms with Crippen molar-refractivity contribution in [3.8, 4) is 44.5 Å². The first kappa shape index (κ1) is 31.7. The van der Waals surface area contributed by atoms with E-state index in [0.717, 1.165) is 94.9 Å². The van der Waals surface area contributed by atoms with Crippen LogP contribution in [0.4, 0.5) is 0 Å². The fraction of sp³-hybridized carbons (Fsp3) is 0. The highest BCUT2D eigenvalue weighted by molar-refractivity contribution is 6.03. The molecule has 0 fully saturated rings. The van der Waals surface area contributed by atoms with E-state index >= 15 is 0 Å². The molecule has 6 nitrogen and oxygen atoms in total. The normalized spacial score (nSPS) is 12.1. The maximum atomic E-state index is 11.9. The summed E-state index contributed by atoms with van der Waals surface area (Å²) in [6, 6.07) is 47.1. The number of hydrogen-bond acceptors (Lipinski definition) is 3. The lowest BCUT2D eigenvalue weighted by Crippen LogP contribution is -1.91. The Balaban J connectivity index is 1.52. The van der Waals surface area contributed by atoms with Crippen LogP contribution in [-0.4, -0.2) is 31.0 Å². The molecule has 0 spiro atoms. The Bertz CT molecular complexity index is 2780. The average molecular weight is 685 g/mol. The Morgan fingerprint density at radius 1 is 0.472 bits per heavy atom. The zero-order chi connectivity index (χ0) is 35.7. The van der Waals surface area contributed by atoms with Crippen LogP contribution in [0.3, 0.4) is 0 Å². The molecule has 0 amide bonds. The molecule has 4 aromatic carbocycles. The van der Waals surface area contributed by atoms with Crippen LogP contribution in [0, 0.1) is 0 Å². The van der Waals surface area contributed by atoms with Gasteiger partial charge in [-0.3, -0.25) is 0 Å². The second kappa shape index (κ2) is 13.4. The van der Waals surface area contributed by atoms with Crippen molar-refractivity contribution in [1.29, 1.82) is 0 Å². The highest BCUT2D eigenvalue weighted by Gasteiger charge is 2.20. The monoisotopic (exact) mass is 684 g/mol. The molecule has 0 aliphatic carbocycles. The molecule has 6 heteroatoms. The Hall–Kier alpha value is -7.31. The summed E-state index contributed by atoms with van der Waals surface area (Å²) < 4.78 is 0. The number of nitrogens with zero attached hydrogens (tertiary/aromatic N) is 2. The van der Waals surface area contributed by atoms with Crippen LogP contribution < -0.4 is 0 Å². The van der Waals surface area contributed by atoms with Gasteiger partial charge in [-0.05, 0) is 70.8 Å². The number of carboxylic acid groups (broad SMARTS) is 1. The van der Waals surface area contributed by atoms with E-state index < -0.39 is 5.97 Å². The van der Waals surface area contributed by atoms with E-state index in [1.165, 1.54) is 6.08 Å². The summed E-state index contributed by atoms with van der Waals surface area (Å²) in [5.74, 6) is -1.03. The molecule has 5 heterocycles. The molecule has 2 aliphatic heterocycles. The van der Waals surface area contributed by atoms with Crippen molar-refractivity contribution in [2.45, 2.75) is 0 Å². The van der Waals surface area contributed by atoms with Crippen LogP contribution in [0.1, 0.15) is 28.3 Å². The Morgan fingerprint density at radius 2 is 0.887 bits per heavy atom. The third-order valence-electron chi connectivity index (χ3n) is 9.55. The molecule has 3 N–H and O–H groups in total. The van der Waals surface area contributed by atoms with Crippen LogP contribution in [-0.2, 0) is 4.79 Å². The van der Waals surface area contributed by atoms with Gasteiger partial charge in [0.1, 0.15) is 0 Å². The summed E-state index contributed by atoms with van der Waals surface area (Å²) in [4.78, 5) is 30.1. The van der Waals surface area contributed by atoms with Crippen LogP contribution in [0.15, 0.2) is 146 Å². The number of aromatic amines is 2. The number of carbonyl (C=O) groups is 1. The molecule has 3 aromatic heterocycles. The SMILES string of the molecule is O=C(O)C=Cc1cc2[nH]c1c(-c1ccccc1)c1nc(c(-c3ccccc3)c3nc(c(-c4ccccc4)c4ccc([nH]4)c2-c2ccccc2)C=C3)C=C1. The molecule has 2 aliphatic rings. The first-order valence-electron chi connectivity index (χ1n) is 17.4. The number of fused-ring (bicyclic) bond motifs is 8. The summed E-state index contributed by atoms with van der Waals surface area (Å²) in [5.41, 5.74) is 15.0. The van der Waals surface area contributed by atoms with E-state index in [0.29, 0.717) is 0 Å². The van der Waals surface area contributed by atoms with Gasteiger partial charge in [0.2, 0.25) is 0 Å². The van der Waals surface area contributed by atoms with Gasteiger partial charge in [0.25, 0.3) is 0 Å². The van der Waals surface area contributed by atoms with Gasteiger partial charge in [-0.15, -0.1) is 0 Å². The number of hydrogen-bond donors (Lipinski definition) is 3. The smallest absolute Gasteiger partial charge is 0.328 e. The van der Waals surface area contributed by atoms with E-state index in [1.807, 2.05) is 91.0 Å². The summed E-state index contributed by atoms with van der Waals surface area (Å²) in [7, 11) is 0. The Kier molecular flexibility index (Phi) is 8.02. The fourth-order valence-electron chi connectivity index (χ4n) is 7.24. The van der Waals surface area contributed by atoms with E-state index in [1.54, 1.807) is 6.08 Å². The summed E-state index contributed by atoms with van der Waals surface area (Å²) in [6.45, 7) is 0. The third-order valence-corrected chi connectivity index (χ3v) is 9.55. The number of aromatic nitrogens is 4. The molecule has 252 valence electrons. The first-order chi connectivity index (χ1) is 26.1. The van der Waals surface area contributed by atoms with Crippen LogP contribution in [0.2, 0.25) is 0 Å². The minimum atomic E-state index is -1.03. The summed E-state index contributed by atoms with van der Waals surface area (Å²) in [5, 5.41) is 9.77. The molecule has 8 bridgehead atoms. The molecule has 0 saturated carbocycles. The van der Waals surface area contributed by atoms with Gasteiger partial charge in [0, 0.05) is 50.4 Å². The van der Waals surface area contributed by atoms with Crippen molar-refractivity contribution >= 4 is 58.4 Å². The lowest BCUT2D eigenvalue weighted by Gasteiger charge is -2.07. The predicted molar refractivity (Wildman–Crippen MR) is 217 cm³/mol.